The van der Waals surface area contributed by atoms with Gasteiger partial charge in [0.15, 0.2) is 0 Å². The number of carbonyl (C=O) groups is 1. The van der Waals surface area contributed by atoms with Crippen molar-refractivity contribution in [1.29, 1.82) is 0 Å². The van der Waals surface area contributed by atoms with Crippen LogP contribution >= 0.6 is 0 Å². The first-order valence-electron chi connectivity index (χ1n) is 14.3. The van der Waals surface area contributed by atoms with Crippen LogP contribution in [0.15, 0.2) is 47.0 Å². The molecule has 0 amide bonds. The number of fused-ring (bicyclic) bond motifs is 5. The molecule has 6 heteroatoms. The van der Waals surface area contributed by atoms with E-state index in [4.69, 9.17) is 9.73 Å². The molecule has 4 saturated carbocycles. The molecule has 0 spiro atoms. The van der Waals surface area contributed by atoms with Gasteiger partial charge < -0.3 is 20.1 Å². The van der Waals surface area contributed by atoms with Crippen molar-refractivity contribution in [2.24, 2.45) is 33.6 Å². The molecule has 6 nitrogen and oxygen atoms in total. The number of aliphatic hydroxyl groups excluding tert-OH is 1. The molecule has 5 unspecified atom stereocenters. The van der Waals surface area contributed by atoms with Crippen LogP contribution in [0, 0.1) is 28.6 Å². The Labute approximate surface area is 219 Å². The molecule has 0 saturated heterocycles. The molecule has 0 aromatic heterocycles. The first-order valence-corrected chi connectivity index (χ1v) is 14.3. The van der Waals surface area contributed by atoms with Crippen LogP contribution in [-0.4, -0.2) is 58.0 Å². The second-order valence-electron chi connectivity index (χ2n) is 12.8. The van der Waals surface area contributed by atoms with Crippen LogP contribution in [0.3, 0.4) is 0 Å². The van der Waals surface area contributed by atoms with E-state index in [-0.39, 0.29) is 29.1 Å². The highest BCUT2D eigenvalue weighted by molar-refractivity contribution is 5.85. The minimum absolute atomic E-state index is 0.0611. The van der Waals surface area contributed by atoms with Gasteiger partial charge in [0.1, 0.15) is 6.61 Å². The van der Waals surface area contributed by atoms with Gasteiger partial charge in [-0.1, -0.05) is 37.3 Å². The highest BCUT2D eigenvalue weighted by Crippen LogP contribution is 2.70. The molecule has 3 N–H and O–H groups in total. The number of nitrogens with zero attached hydrogens (tertiary/aromatic N) is 1. The summed E-state index contributed by atoms with van der Waals surface area (Å²) < 4.78 is 5.25. The summed E-state index contributed by atoms with van der Waals surface area (Å²) in [6.07, 6.45) is 10.4. The van der Waals surface area contributed by atoms with Crippen LogP contribution in [0.4, 0.5) is 0 Å². The number of carbonyl (C=O) groups excluding carboxylic acids is 1. The maximum Gasteiger partial charge on any atom is 0.331 e. The fourth-order valence-electron chi connectivity index (χ4n) is 9.43. The number of hydrogen-bond acceptors (Lipinski definition) is 6. The summed E-state index contributed by atoms with van der Waals surface area (Å²) in [5, 5.41) is 35.2. The van der Waals surface area contributed by atoms with Crippen molar-refractivity contribution in [3.8, 4) is 0 Å². The number of benzene rings is 1. The third-order valence-electron chi connectivity index (χ3n) is 11.3. The quantitative estimate of drug-likeness (QED) is 0.413. The average Bonchev–Trinajstić information content (AvgIpc) is 3.42. The van der Waals surface area contributed by atoms with Gasteiger partial charge in [0.05, 0.1) is 17.3 Å². The van der Waals surface area contributed by atoms with E-state index >= 15 is 0 Å². The fraction of sp³-hybridized carbons (Fsp3) is 0.677. The summed E-state index contributed by atoms with van der Waals surface area (Å²) in [6.45, 7) is 3.23. The first kappa shape index (κ1) is 25.3. The molecule has 0 bridgehead atoms. The van der Waals surface area contributed by atoms with Gasteiger partial charge in [-0.25, -0.2) is 4.79 Å². The second kappa shape index (κ2) is 9.03. The number of aliphatic hydroxyl groups is 3. The van der Waals surface area contributed by atoms with Gasteiger partial charge >= 0.3 is 5.97 Å². The van der Waals surface area contributed by atoms with Crippen LogP contribution in [0.5, 0.6) is 0 Å². The minimum Gasteiger partial charge on any atom is -0.458 e. The van der Waals surface area contributed by atoms with Crippen molar-refractivity contribution in [2.75, 3.05) is 13.2 Å². The molecule has 5 aliphatic rings. The Bertz CT molecular complexity index is 1100. The number of cyclic esters (lactones) is 1. The molecule has 8 atom stereocenters. The molecule has 4 fully saturated rings. The maximum atomic E-state index is 12.5. The zero-order valence-electron chi connectivity index (χ0n) is 21.9. The lowest BCUT2D eigenvalue weighted by Gasteiger charge is -2.65. The predicted molar refractivity (Wildman–Crippen MR) is 141 cm³/mol. The lowest BCUT2D eigenvalue weighted by atomic mass is 9.41. The Kier molecular flexibility index (Phi) is 6.17. The molecule has 6 rings (SSSR count). The molecule has 1 aromatic rings. The van der Waals surface area contributed by atoms with Gasteiger partial charge in [-0.15, -0.1) is 0 Å². The SMILES string of the molecule is C[C@]12CC[C@H]3C(CCC4(O)CC(O)CC[C@]34C=NCCc3ccccc3)C1(O)CCC2C1=CC(=O)OC1. The average molecular weight is 508 g/mol. The fourth-order valence-corrected chi connectivity index (χ4v) is 9.43. The predicted octanol–water partition coefficient (Wildman–Crippen LogP) is 4.01. The Morgan fingerprint density at radius 3 is 2.57 bits per heavy atom. The summed E-state index contributed by atoms with van der Waals surface area (Å²) >= 11 is 0. The first-order chi connectivity index (χ1) is 17.7. The normalized spacial score (nSPS) is 45.2. The molecule has 1 aromatic carbocycles. The van der Waals surface area contributed by atoms with Gasteiger partial charge in [-0.05, 0) is 86.7 Å². The molecular formula is C31H41NO5. The number of aliphatic imine (C=N–C) groups is 1. The zero-order valence-corrected chi connectivity index (χ0v) is 21.9. The van der Waals surface area contributed by atoms with Crippen molar-refractivity contribution in [2.45, 2.75) is 88.4 Å². The lowest BCUT2D eigenvalue weighted by molar-refractivity contribution is -0.237. The summed E-state index contributed by atoms with van der Waals surface area (Å²) in [5.41, 5.74) is -0.424. The molecule has 0 radical (unpaired) electrons. The molecule has 4 aliphatic carbocycles. The van der Waals surface area contributed by atoms with E-state index < -0.39 is 22.7 Å². The monoisotopic (exact) mass is 507 g/mol. The van der Waals surface area contributed by atoms with E-state index in [0.29, 0.717) is 45.3 Å². The topological polar surface area (TPSA) is 99.4 Å². The minimum atomic E-state index is -1.00. The third kappa shape index (κ3) is 3.77. The number of rotatable bonds is 5. The Morgan fingerprint density at radius 1 is 1.03 bits per heavy atom. The summed E-state index contributed by atoms with van der Waals surface area (Å²) in [7, 11) is 0. The summed E-state index contributed by atoms with van der Waals surface area (Å²) in [5.74, 6) is 0.0590. The van der Waals surface area contributed by atoms with Crippen molar-refractivity contribution < 1.29 is 24.9 Å². The molecule has 1 aliphatic heterocycles. The van der Waals surface area contributed by atoms with E-state index in [1.54, 1.807) is 6.08 Å². The summed E-state index contributed by atoms with van der Waals surface area (Å²) in [4.78, 5) is 16.8. The lowest BCUT2D eigenvalue weighted by Crippen LogP contribution is -2.68. The zero-order chi connectivity index (χ0) is 25.9. The van der Waals surface area contributed by atoms with Crippen molar-refractivity contribution >= 4 is 12.2 Å². The highest BCUT2D eigenvalue weighted by Gasteiger charge is 2.71. The third-order valence-corrected chi connectivity index (χ3v) is 11.3. The van der Waals surface area contributed by atoms with Crippen molar-refractivity contribution in [1.82, 2.24) is 0 Å². The Balaban J connectivity index is 1.31. The van der Waals surface area contributed by atoms with Crippen LogP contribution in [-0.2, 0) is 16.0 Å². The molecule has 1 heterocycles. The van der Waals surface area contributed by atoms with E-state index in [1.165, 1.54) is 5.56 Å². The van der Waals surface area contributed by atoms with Crippen molar-refractivity contribution in [3.05, 3.63) is 47.5 Å². The largest absolute Gasteiger partial charge is 0.458 e. The van der Waals surface area contributed by atoms with Crippen LogP contribution < -0.4 is 0 Å². The van der Waals surface area contributed by atoms with Gasteiger partial charge in [0.2, 0.25) is 0 Å². The maximum absolute atomic E-state index is 12.5. The van der Waals surface area contributed by atoms with Gasteiger partial charge in [-0.3, -0.25) is 4.99 Å². The smallest absolute Gasteiger partial charge is 0.331 e. The van der Waals surface area contributed by atoms with E-state index in [9.17, 15) is 20.1 Å². The van der Waals surface area contributed by atoms with Crippen LogP contribution in [0.2, 0.25) is 0 Å². The highest BCUT2D eigenvalue weighted by atomic mass is 16.5. The Hall–Kier alpha value is -2.02. The van der Waals surface area contributed by atoms with Crippen molar-refractivity contribution in [3.63, 3.8) is 0 Å². The second-order valence-corrected chi connectivity index (χ2v) is 12.8. The standard InChI is InChI=1S/C31H41NO5/c1-28-12-8-25-26(31(28,36)15-10-24(28)22-17-27(34)37-19-22)9-14-30(35)18-23(33)7-13-29(25,30)20-32-16-11-21-5-3-2-4-6-21/h2-6,17,20,23-26,33,35-36H,7-16,18-19H2,1H3/t23?,24?,25-,26?,28+,29-,30?,31?/m0/s1. The van der Waals surface area contributed by atoms with E-state index in [0.717, 1.165) is 37.7 Å². The molecule has 37 heavy (non-hydrogen) atoms. The van der Waals surface area contributed by atoms with E-state index in [1.807, 2.05) is 18.2 Å². The van der Waals surface area contributed by atoms with E-state index in [2.05, 4.69) is 25.3 Å². The van der Waals surface area contributed by atoms with Gasteiger partial charge in [-0.2, -0.15) is 0 Å². The number of esters is 1. The Morgan fingerprint density at radius 2 is 1.81 bits per heavy atom. The van der Waals surface area contributed by atoms with Gasteiger partial charge in [0.25, 0.3) is 0 Å². The van der Waals surface area contributed by atoms with Crippen LogP contribution in [0.25, 0.3) is 0 Å². The number of hydrogen-bond donors (Lipinski definition) is 3. The molecular weight excluding hydrogens is 466 g/mol. The summed E-state index contributed by atoms with van der Waals surface area (Å²) in [6, 6.07) is 10.3. The van der Waals surface area contributed by atoms with Gasteiger partial charge in [0, 0.05) is 36.1 Å². The number of ether oxygens (including phenoxy) is 1. The molecule has 200 valence electrons. The van der Waals surface area contributed by atoms with Crippen LogP contribution in [0.1, 0.15) is 70.3 Å².